The number of hydrogen-bond donors (Lipinski definition) is 2. The number of likely N-dealkylation sites (tertiary alicyclic amines) is 1. The van der Waals surface area contributed by atoms with E-state index in [1.54, 1.807) is 17.0 Å². The van der Waals surface area contributed by atoms with Crippen molar-refractivity contribution in [3.8, 4) is 0 Å². The summed E-state index contributed by atoms with van der Waals surface area (Å²) in [5.74, 6) is 0.490. The van der Waals surface area contributed by atoms with Crippen LogP contribution in [0.1, 0.15) is 29.6 Å². The first kappa shape index (κ1) is 22.6. The number of nitro benzene ring substituents is 1. The number of hydrogen-bond acceptors (Lipinski definition) is 5. The van der Waals surface area contributed by atoms with Crippen molar-refractivity contribution < 1.29 is 9.72 Å². The molecule has 7 nitrogen and oxygen atoms in total. The van der Waals surface area contributed by atoms with E-state index in [0.29, 0.717) is 30.3 Å². The van der Waals surface area contributed by atoms with E-state index in [1.165, 1.54) is 6.07 Å². The van der Waals surface area contributed by atoms with Crippen LogP contribution < -0.4 is 10.6 Å². The Balaban J connectivity index is 0.00000300. The highest BCUT2D eigenvalue weighted by atomic mass is 35.5. The number of nitrogens with zero attached hydrogens (tertiary/aromatic N) is 2. The van der Waals surface area contributed by atoms with Gasteiger partial charge < -0.3 is 15.5 Å². The zero-order valence-electron chi connectivity index (χ0n) is 16.5. The first-order valence-electron chi connectivity index (χ1n) is 9.63. The molecule has 1 fully saturated rings. The molecule has 0 aliphatic carbocycles. The van der Waals surface area contributed by atoms with Crippen LogP contribution in [-0.4, -0.2) is 42.4 Å². The summed E-state index contributed by atoms with van der Waals surface area (Å²) in [6.07, 6.45) is 3.07. The summed E-state index contributed by atoms with van der Waals surface area (Å²) in [6, 6.07) is 13.9. The van der Waals surface area contributed by atoms with Crippen molar-refractivity contribution in [2.45, 2.75) is 19.3 Å². The van der Waals surface area contributed by atoms with Gasteiger partial charge in [0, 0.05) is 30.4 Å². The molecular weight excluding hydrogens is 392 g/mol. The number of piperidine rings is 1. The van der Waals surface area contributed by atoms with E-state index in [-0.39, 0.29) is 24.0 Å². The second kappa shape index (κ2) is 10.8. The second-order valence-corrected chi connectivity index (χ2v) is 7.11. The third-order valence-corrected chi connectivity index (χ3v) is 5.20. The fourth-order valence-electron chi connectivity index (χ4n) is 3.55. The maximum Gasteiger partial charge on any atom is 0.293 e. The third kappa shape index (κ3) is 5.92. The number of benzene rings is 2. The first-order chi connectivity index (χ1) is 13.6. The Morgan fingerprint density at radius 2 is 1.86 bits per heavy atom. The molecule has 1 heterocycles. The summed E-state index contributed by atoms with van der Waals surface area (Å²) in [5.41, 5.74) is 1.39. The Hall–Kier alpha value is -2.64. The van der Waals surface area contributed by atoms with Crippen LogP contribution in [0.2, 0.25) is 0 Å². The molecule has 2 N–H and O–H groups in total. The molecule has 0 aromatic heterocycles. The average molecular weight is 419 g/mol. The number of amides is 1. The van der Waals surface area contributed by atoms with Gasteiger partial charge in [0.15, 0.2) is 0 Å². The predicted molar refractivity (Wildman–Crippen MR) is 117 cm³/mol. The van der Waals surface area contributed by atoms with Crippen molar-refractivity contribution in [3.05, 3.63) is 64.2 Å². The summed E-state index contributed by atoms with van der Waals surface area (Å²) in [5, 5.41) is 17.8. The molecular formula is C21H27ClN4O3. The molecule has 1 amide bonds. The molecule has 0 unspecified atom stereocenters. The predicted octanol–water partition coefficient (Wildman–Crippen LogP) is 4.22. The molecule has 156 valence electrons. The molecule has 0 bridgehead atoms. The largest absolute Gasteiger partial charge is 0.350 e. The molecule has 29 heavy (non-hydrogen) atoms. The summed E-state index contributed by atoms with van der Waals surface area (Å²) in [6.45, 7) is 2.39. The number of nitro groups is 1. The fraction of sp³-hybridized carbons (Fsp3) is 0.381. The molecule has 1 aliphatic heterocycles. The van der Waals surface area contributed by atoms with Gasteiger partial charge in [-0.3, -0.25) is 14.9 Å². The van der Waals surface area contributed by atoms with Crippen LogP contribution in [-0.2, 0) is 0 Å². The van der Waals surface area contributed by atoms with Crippen molar-refractivity contribution in [3.63, 3.8) is 0 Å². The number of carbonyl (C=O) groups is 1. The van der Waals surface area contributed by atoms with Gasteiger partial charge in [0.25, 0.3) is 11.6 Å². The minimum absolute atomic E-state index is 0. The van der Waals surface area contributed by atoms with E-state index < -0.39 is 4.92 Å². The lowest BCUT2D eigenvalue weighted by Gasteiger charge is -2.32. The number of nitrogens with one attached hydrogen (secondary N) is 2. The van der Waals surface area contributed by atoms with E-state index in [4.69, 9.17) is 0 Å². The smallest absolute Gasteiger partial charge is 0.293 e. The monoisotopic (exact) mass is 418 g/mol. The Kier molecular flexibility index (Phi) is 8.42. The van der Waals surface area contributed by atoms with Gasteiger partial charge in [0.05, 0.1) is 4.92 Å². The molecule has 2 aromatic carbocycles. The van der Waals surface area contributed by atoms with Crippen molar-refractivity contribution >= 4 is 35.4 Å². The fourth-order valence-corrected chi connectivity index (χ4v) is 3.55. The van der Waals surface area contributed by atoms with Crippen LogP contribution in [0.5, 0.6) is 0 Å². The normalized spacial score (nSPS) is 14.2. The average Bonchev–Trinajstić information content (AvgIpc) is 2.73. The van der Waals surface area contributed by atoms with Crippen molar-refractivity contribution in [2.75, 3.05) is 32.0 Å². The van der Waals surface area contributed by atoms with Crippen LogP contribution in [0, 0.1) is 16.0 Å². The van der Waals surface area contributed by atoms with Gasteiger partial charge >= 0.3 is 0 Å². The van der Waals surface area contributed by atoms with E-state index in [2.05, 4.69) is 10.6 Å². The summed E-state index contributed by atoms with van der Waals surface area (Å²) in [7, 11) is 1.95. The lowest BCUT2D eigenvalue weighted by atomic mass is 9.93. The lowest BCUT2D eigenvalue weighted by Crippen LogP contribution is -2.39. The van der Waals surface area contributed by atoms with Gasteiger partial charge in [-0.1, -0.05) is 18.2 Å². The zero-order valence-corrected chi connectivity index (χ0v) is 17.3. The maximum atomic E-state index is 12.8. The number of halogens is 1. The highest BCUT2D eigenvalue weighted by Gasteiger charge is 2.25. The van der Waals surface area contributed by atoms with Crippen LogP contribution in [0.3, 0.4) is 0 Å². The zero-order chi connectivity index (χ0) is 19.9. The van der Waals surface area contributed by atoms with Gasteiger partial charge in [-0.05, 0) is 63.0 Å². The molecule has 1 aliphatic rings. The Morgan fingerprint density at radius 1 is 1.17 bits per heavy atom. The summed E-state index contributed by atoms with van der Waals surface area (Å²) in [4.78, 5) is 25.7. The molecule has 0 radical (unpaired) electrons. The first-order valence-corrected chi connectivity index (χ1v) is 9.63. The van der Waals surface area contributed by atoms with Gasteiger partial charge in [0.2, 0.25) is 0 Å². The topological polar surface area (TPSA) is 87.5 Å². The standard InChI is InChI=1S/C21H26N4O3.ClH/c1-22-12-9-16-10-13-24(14-11-16)21(26)17-7-8-19(20(15-17)25(27)28)23-18-5-3-2-4-6-18;/h2-8,15-16,22-23H,9-14H2,1H3;1H. The van der Waals surface area contributed by atoms with E-state index in [9.17, 15) is 14.9 Å². The molecule has 2 aromatic rings. The van der Waals surface area contributed by atoms with E-state index in [1.807, 2.05) is 37.4 Å². The third-order valence-electron chi connectivity index (χ3n) is 5.20. The number of anilines is 2. The van der Waals surface area contributed by atoms with Crippen molar-refractivity contribution in [2.24, 2.45) is 5.92 Å². The van der Waals surface area contributed by atoms with Gasteiger partial charge in [-0.15, -0.1) is 12.4 Å². The maximum absolute atomic E-state index is 12.8. The SMILES string of the molecule is CNCCC1CCN(C(=O)c2ccc(Nc3ccccc3)c([N+](=O)[O-])c2)CC1.Cl. The highest BCUT2D eigenvalue weighted by molar-refractivity contribution is 5.96. The summed E-state index contributed by atoms with van der Waals surface area (Å²) < 4.78 is 0. The van der Waals surface area contributed by atoms with Crippen LogP contribution in [0.15, 0.2) is 48.5 Å². The Labute approximate surface area is 177 Å². The van der Waals surface area contributed by atoms with Crippen LogP contribution in [0.4, 0.5) is 17.1 Å². The molecule has 8 heteroatoms. The van der Waals surface area contributed by atoms with Crippen LogP contribution >= 0.6 is 12.4 Å². The molecule has 3 rings (SSSR count). The molecule has 1 saturated heterocycles. The number of carbonyl (C=O) groups excluding carboxylic acids is 1. The quantitative estimate of drug-likeness (QED) is 0.519. The summed E-state index contributed by atoms with van der Waals surface area (Å²) >= 11 is 0. The minimum atomic E-state index is -0.452. The van der Waals surface area contributed by atoms with Crippen molar-refractivity contribution in [1.82, 2.24) is 10.2 Å². The molecule has 0 atom stereocenters. The second-order valence-electron chi connectivity index (χ2n) is 7.11. The van der Waals surface area contributed by atoms with Crippen LogP contribution in [0.25, 0.3) is 0 Å². The Bertz CT molecular complexity index is 824. The van der Waals surface area contributed by atoms with E-state index >= 15 is 0 Å². The van der Waals surface area contributed by atoms with Gasteiger partial charge in [-0.2, -0.15) is 0 Å². The molecule has 0 saturated carbocycles. The highest BCUT2D eigenvalue weighted by Crippen LogP contribution is 2.30. The Morgan fingerprint density at radius 3 is 2.48 bits per heavy atom. The van der Waals surface area contributed by atoms with Crippen molar-refractivity contribution in [1.29, 1.82) is 0 Å². The lowest BCUT2D eigenvalue weighted by molar-refractivity contribution is -0.383. The number of para-hydroxylation sites is 1. The van der Waals surface area contributed by atoms with E-state index in [0.717, 1.165) is 31.5 Å². The number of rotatable bonds is 7. The molecule has 0 spiro atoms. The van der Waals surface area contributed by atoms with Gasteiger partial charge in [-0.25, -0.2) is 0 Å². The van der Waals surface area contributed by atoms with Gasteiger partial charge in [0.1, 0.15) is 5.69 Å². The minimum Gasteiger partial charge on any atom is -0.350 e.